The van der Waals surface area contributed by atoms with Crippen LogP contribution in [0.25, 0.3) is 0 Å². The molecule has 5 nitrogen and oxygen atoms in total. The second kappa shape index (κ2) is 5.31. The number of rotatable bonds is 4. The van der Waals surface area contributed by atoms with E-state index < -0.39 is 0 Å². The van der Waals surface area contributed by atoms with E-state index in [2.05, 4.69) is 14.9 Å². The van der Waals surface area contributed by atoms with Gasteiger partial charge in [0, 0.05) is 30.9 Å². The Morgan fingerprint density at radius 3 is 3.06 bits per heavy atom. The zero-order valence-electron chi connectivity index (χ0n) is 10.5. The van der Waals surface area contributed by atoms with E-state index in [0.29, 0.717) is 25.1 Å². The highest BCUT2D eigenvalue weighted by Gasteiger charge is 2.25. The molecule has 1 aliphatic heterocycles. The van der Waals surface area contributed by atoms with Gasteiger partial charge in [-0.05, 0) is 26.7 Å². The second-order valence-electron chi connectivity index (χ2n) is 4.31. The molecule has 1 atom stereocenters. The summed E-state index contributed by atoms with van der Waals surface area (Å²) in [7, 11) is 0. The van der Waals surface area contributed by atoms with Gasteiger partial charge < -0.3 is 15.4 Å². The summed E-state index contributed by atoms with van der Waals surface area (Å²) in [5, 5.41) is 0. The third-order valence-corrected chi connectivity index (χ3v) is 3.02. The maximum Gasteiger partial charge on any atom is 0.229 e. The summed E-state index contributed by atoms with van der Waals surface area (Å²) in [5.74, 6) is 1.40. The average Bonchev–Trinajstić information content (AvgIpc) is 2.76. The molecule has 1 aromatic rings. The monoisotopic (exact) mass is 236 g/mol. The summed E-state index contributed by atoms with van der Waals surface area (Å²) >= 11 is 0. The highest BCUT2D eigenvalue weighted by molar-refractivity contribution is 5.37. The maximum atomic E-state index is 5.77. The molecule has 0 amide bonds. The van der Waals surface area contributed by atoms with Crippen molar-refractivity contribution in [3.05, 3.63) is 11.8 Å². The van der Waals surface area contributed by atoms with E-state index in [-0.39, 0.29) is 0 Å². The summed E-state index contributed by atoms with van der Waals surface area (Å²) < 4.78 is 5.45. The van der Waals surface area contributed by atoms with Gasteiger partial charge in [-0.3, -0.25) is 0 Å². The summed E-state index contributed by atoms with van der Waals surface area (Å²) in [5.41, 5.74) is 6.70. The van der Waals surface area contributed by atoms with E-state index >= 15 is 0 Å². The number of ether oxygens (including phenoxy) is 1. The molecule has 1 aromatic heterocycles. The van der Waals surface area contributed by atoms with Gasteiger partial charge in [-0.15, -0.1) is 0 Å². The van der Waals surface area contributed by atoms with Crippen LogP contribution in [0.3, 0.4) is 0 Å². The minimum atomic E-state index is 0.367. The lowest BCUT2D eigenvalue weighted by Crippen LogP contribution is -2.36. The molecule has 2 heterocycles. The molecule has 94 valence electrons. The summed E-state index contributed by atoms with van der Waals surface area (Å²) in [4.78, 5) is 11.1. The summed E-state index contributed by atoms with van der Waals surface area (Å²) in [6, 6.07) is 2.23. The van der Waals surface area contributed by atoms with Gasteiger partial charge in [0.15, 0.2) is 0 Å². The second-order valence-corrected chi connectivity index (χ2v) is 4.31. The minimum absolute atomic E-state index is 0.367. The first-order chi connectivity index (χ1) is 8.24. The molecular formula is C12H20N4O. The number of nitrogens with zero attached hydrogens (tertiary/aromatic N) is 3. The SMILES string of the molecule is CCOc1cc(C)nc(N2CCCC2CN)n1. The van der Waals surface area contributed by atoms with E-state index in [1.54, 1.807) is 0 Å². The first-order valence-electron chi connectivity index (χ1n) is 6.19. The van der Waals surface area contributed by atoms with Crippen LogP contribution in [0.15, 0.2) is 6.07 Å². The molecule has 5 heteroatoms. The van der Waals surface area contributed by atoms with Gasteiger partial charge in [0.2, 0.25) is 11.8 Å². The summed E-state index contributed by atoms with van der Waals surface area (Å²) in [6.45, 7) is 6.17. The van der Waals surface area contributed by atoms with Crippen molar-refractivity contribution in [3.8, 4) is 5.88 Å². The van der Waals surface area contributed by atoms with E-state index in [0.717, 1.165) is 31.0 Å². The molecule has 2 N–H and O–H groups in total. The van der Waals surface area contributed by atoms with Crippen LogP contribution >= 0.6 is 0 Å². The van der Waals surface area contributed by atoms with E-state index in [9.17, 15) is 0 Å². The van der Waals surface area contributed by atoms with Crippen molar-refractivity contribution >= 4 is 5.95 Å². The van der Waals surface area contributed by atoms with Gasteiger partial charge in [0.25, 0.3) is 0 Å². The van der Waals surface area contributed by atoms with Crippen molar-refractivity contribution in [3.63, 3.8) is 0 Å². The fourth-order valence-electron chi connectivity index (χ4n) is 2.22. The van der Waals surface area contributed by atoms with Gasteiger partial charge >= 0.3 is 0 Å². The lowest BCUT2D eigenvalue weighted by molar-refractivity contribution is 0.325. The lowest BCUT2D eigenvalue weighted by atomic mass is 10.2. The van der Waals surface area contributed by atoms with Crippen molar-refractivity contribution in [2.75, 3.05) is 24.6 Å². The quantitative estimate of drug-likeness (QED) is 0.848. The fraction of sp³-hybridized carbons (Fsp3) is 0.667. The molecule has 0 aromatic carbocycles. The molecule has 1 saturated heterocycles. The van der Waals surface area contributed by atoms with Crippen LogP contribution in [0.1, 0.15) is 25.5 Å². The van der Waals surface area contributed by atoms with E-state index in [4.69, 9.17) is 10.5 Å². The molecule has 17 heavy (non-hydrogen) atoms. The van der Waals surface area contributed by atoms with Crippen molar-refractivity contribution in [1.82, 2.24) is 9.97 Å². The van der Waals surface area contributed by atoms with Crippen LogP contribution in [0, 0.1) is 6.92 Å². The predicted octanol–water partition coefficient (Wildman–Crippen LogP) is 1.11. The maximum absolute atomic E-state index is 5.77. The number of hydrogen-bond donors (Lipinski definition) is 1. The van der Waals surface area contributed by atoms with Gasteiger partial charge in [0.05, 0.1) is 6.61 Å². The van der Waals surface area contributed by atoms with Crippen LogP contribution in [-0.4, -0.2) is 35.7 Å². The minimum Gasteiger partial charge on any atom is -0.478 e. The highest BCUT2D eigenvalue weighted by Crippen LogP contribution is 2.23. The number of hydrogen-bond acceptors (Lipinski definition) is 5. The standard InChI is InChI=1S/C12H20N4O/c1-3-17-11-7-9(2)14-12(15-11)16-6-4-5-10(16)8-13/h7,10H,3-6,8,13H2,1-2H3. The van der Waals surface area contributed by atoms with Crippen LogP contribution in [-0.2, 0) is 0 Å². The summed E-state index contributed by atoms with van der Waals surface area (Å²) in [6.07, 6.45) is 2.28. The van der Waals surface area contributed by atoms with E-state index in [1.807, 2.05) is 19.9 Å². The van der Waals surface area contributed by atoms with Crippen LogP contribution in [0.2, 0.25) is 0 Å². The Balaban J connectivity index is 2.24. The lowest BCUT2D eigenvalue weighted by Gasteiger charge is -2.23. The van der Waals surface area contributed by atoms with Gasteiger partial charge in [-0.2, -0.15) is 4.98 Å². The van der Waals surface area contributed by atoms with Crippen LogP contribution in [0.4, 0.5) is 5.95 Å². The third-order valence-electron chi connectivity index (χ3n) is 3.02. The van der Waals surface area contributed by atoms with Gasteiger partial charge in [-0.1, -0.05) is 0 Å². The first-order valence-corrected chi connectivity index (χ1v) is 6.19. The molecule has 1 aliphatic rings. The molecule has 2 rings (SSSR count). The number of anilines is 1. The van der Waals surface area contributed by atoms with Crippen molar-refractivity contribution in [2.45, 2.75) is 32.7 Å². The molecule has 0 aliphatic carbocycles. The Bertz CT molecular complexity index is 383. The number of aryl methyl sites for hydroxylation is 1. The molecule has 0 saturated carbocycles. The topological polar surface area (TPSA) is 64.3 Å². The molecule has 0 bridgehead atoms. The van der Waals surface area contributed by atoms with Gasteiger partial charge in [0.1, 0.15) is 0 Å². The first kappa shape index (κ1) is 12.1. The average molecular weight is 236 g/mol. The molecule has 0 spiro atoms. The van der Waals surface area contributed by atoms with E-state index in [1.165, 1.54) is 0 Å². The Hall–Kier alpha value is -1.36. The Labute approximate surface area is 102 Å². The van der Waals surface area contributed by atoms with Crippen molar-refractivity contribution in [2.24, 2.45) is 5.73 Å². The molecule has 1 unspecified atom stereocenters. The smallest absolute Gasteiger partial charge is 0.229 e. The predicted molar refractivity (Wildman–Crippen MR) is 67.4 cm³/mol. The largest absolute Gasteiger partial charge is 0.478 e. The molecule has 1 fully saturated rings. The van der Waals surface area contributed by atoms with Gasteiger partial charge in [-0.25, -0.2) is 4.98 Å². The highest BCUT2D eigenvalue weighted by atomic mass is 16.5. The zero-order chi connectivity index (χ0) is 12.3. The van der Waals surface area contributed by atoms with Crippen LogP contribution < -0.4 is 15.4 Å². The zero-order valence-corrected chi connectivity index (χ0v) is 10.5. The molecule has 0 radical (unpaired) electrons. The Morgan fingerprint density at radius 2 is 2.35 bits per heavy atom. The Kier molecular flexibility index (Phi) is 3.78. The van der Waals surface area contributed by atoms with Crippen molar-refractivity contribution < 1.29 is 4.74 Å². The number of nitrogens with two attached hydrogens (primary N) is 1. The number of aromatic nitrogens is 2. The Morgan fingerprint density at radius 1 is 1.53 bits per heavy atom. The molecular weight excluding hydrogens is 216 g/mol. The fourth-order valence-corrected chi connectivity index (χ4v) is 2.22. The van der Waals surface area contributed by atoms with Crippen LogP contribution in [0.5, 0.6) is 5.88 Å². The van der Waals surface area contributed by atoms with Crippen molar-refractivity contribution in [1.29, 1.82) is 0 Å². The normalized spacial score (nSPS) is 19.7. The third kappa shape index (κ3) is 2.66.